The maximum absolute atomic E-state index is 13.1. The van der Waals surface area contributed by atoms with Crippen LogP contribution in [0.15, 0.2) is 48.5 Å². The molecule has 0 unspecified atom stereocenters. The molecule has 2 aromatic carbocycles. The molecular formula is C23H28N4O4. The predicted molar refractivity (Wildman–Crippen MR) is 118 cm³/mol. The van der Waals surface area contributed by atoms with Gasteiger partial charge in [-0.1, -0.05) is 49.4 Å². The van der Waals surface area contributed by atoms with E-state index in [0.29, 0.717) is 36.2 Å². The van der Waals surface area contributed by atoms with Crippen LogP contribution in [-0.4, -0.2) is 48.5 Å². The molecule has 0 saturated heterocycles. The summed E-state index contributed by atoms with van der Waals surface area (Å²) in [4.78, 5) is 50.2. The van der Waals surface area contributed by atoms with E-state index in [4.69, 9.17) is 5.73 Å². The van der Waals surface area contributed by atoms with Crippen molar-refractivity contribution in [3.05, 3.63) is 65.2 Å². The van der Waals surface area contributed by atoms with E-state index in [1.807, 2.05) is 13.0 Å². The van der Waals surface area contributed by atoms with Gasteiger partial charge in [0.1, 0.15) is 6.04 Å². The second-order valence-corrected chi connectivity index (χ2v) is 7.09. The topological polar surface area (TPSA) is 122 Å². The lowest BCUT2D eigenvalue weighted by molar-refractivity contribution is -0.137. The summed E-state index contributed by atoms with van der Waals surface area (Å²) < 4.78 is 0. The van der Waals surface area contributed by atoms with Crippen LogP contribution in [-0.2, 0) is 14.4 Å². The minimum atomic E-state index is -0.884. The Kier molecular flexibility index (Phi) is 8.90. The van der Waals surface area contributed by atoms with Crippen molar-refractivity contribution < 1.29 is 19.2 Å². The van der Waals surface area contributed by atoms with Crippen molar-refractivity contribution in [2.24, 2.45) is 5.73 Å². The number of rotatable bonds is 11. The summed E-state index contributed by atoms with van der Waals surface area (Å²) in [6.07, 6.45) is 1.12. The third kappa shape index (κ3) is 6.48. The zero-order valence-electron chi connectivity index (χ0n) is 17.8. The molecule has 0 aromatic heterocycles. The summed E-state index contributed by atoms with van der Waals surface area (Å²) >= 11 is 0. The van der Waals surface area contributed by atoms with Crippen molar-refractivity contribution >= 4 is 29.7 Å². The number of nitrogens with zero attached hydrogens (tertiary/aromatic N) is 1. The maximum atomic E-state index is 13.1. The van der Waals surface area contributed by atoms with Crippen LogP contribution in [0.1, 0.15) is 40.9 Å². The fraction of sp³-hybridized carbons (Fsp3) is 0.304. The second-order valence-electron chi connectivity index (χ2n) is 7.09. The van der Waals surface area contributed by atoms with Crippen molar-refractivity contribution in [2.75, 3.05) is 25.0 Å². The second kappa shape index (κ2) is 11.6. The highest BCUT2D eigenvalue weighted by Crippen LogP contribution is 2.19. The van der Waals surface area contributed by atoms with Crippen LogP contribution in [0.4, 0.5) is 5.69 Å². The normalized spacial score (nSPS) is 11.3. The van der Waals surface area contributed by atoms with Gasteiger partial charge in [0.15, 0.2) is 5.78 Å². The van der Waals surface area contributed by atoms with E-state index >= 15 is 0 Å². The number of nitrogens with two attached hydrogens (primary N) is 1. The molecule has 31 heavy (non-hydrogen) atoms. The minimum absolute atomic E-state index is 0.125. The highest BCUT2D eigenvalue weighted by molar-refractivity contribution is 6.01. The molecule has 0 heterocycles. The molecule has 3 amide bonds. The van der Waals surface area contributed by atoms with Crippen molar-refractivity contribution in [3.63, 3.8) is 0 Å². The third-order valence-corrected chi connectivity index (χ3v) is 4.77. The first-order valence-electron chi connectivity index (χ1n) is 10.1. The van der Waals surface area contributed by atoms with Gasteiger partial charge in [0.2, 0.25) is 18.2 Å². The Hall–Kier alpha value is -3.52. The first-order chi connectivity index (χ1) is 14.9. The Morgan fingerprint density at radius 2 is 1.84 bits per heavy atom. The monoisotopic (exact) mass is 424 g/mol. The smallest absolute Gasteiger partial charge is 0.250 e. The summed E-state index contributed by atoms with van der Waals surface area (Å²) in [6.45, 7) is 3.74. The predicted octanol–water partition coefficient (Wildman–Crippen LogP) is 1.80. The molecule has 0 spiro atoms. The van der Waals surface area contributed by atoms with Crippen molar-refractivity contribution in [1.29, 1.82) is 0 Å². The standard InChI is InChI=1S/C23H28N4O4/c1-3-11-27(23(31)22(25-15-28)17-7-5-4-6-8-17)14-21(30)26-19-12-18(20(29)13-24)10-9-16(19)2/h4-10,12,15,22H,3,11,13-14,24H2,1-2H3,(H,25,28)(H,26,30)/t22-/m1/s1. The lowest BCUT2D eigenvalue weighted by Gasteiger charge is -2.26. The molecular weight excluding hydrogens is 396 g/mol. The molecule has 0 aliphatic heterocycles. The summed E-state index contributed by atoms with van der Waals surface area (Å²) in [5.41, 5.74) is 7.71. The van der Waals surface area contributed by atoms with Crippen molar-refractivity contribution in [3.8, 4) is 0 Å². The highest BCUT2D eigenvalue weighted by atomic mass is 16.2. The Bertz CT molecular complexity index is 930. The number of aryl methyl sites for hydroxylation is 1. The Morgan fingerprint density at radius 1 is 1.13 bits per heavy atom. The lowest BCUT2D eigenvalue weighted by atomic mass is 10.1. The molecule has 0 radical (unpaired) electrons. The quantitative estimate of drug-likeness (QED) is 0.375. The van der Waals surface area contributed by atoms with Gasteiger partial charge in [0.05, 0.1) is 13.1 Å². The van der Waals surface area contributed by atoms with Crippen LogP contribution < -0.4 is 16.4 Å². The van der Waals surface area contributed by atoms with Crippen LogP contribution >= 0.6 is 0 Å². The Labute approximate surface area is 181 Å². The molecule has 164 valence electrons. The number of hydrogen-bond donors (Lipinski definition) is 3. The average Bonchev–Trinajstić information content (AvgIpc) is 2.78. The number of benzene rings is 2. The zero-order valence-corrected chi connectivity index (χ0v) is 17.8. The van der Waals surface area contributed by atoms with E-state index in [2.05, 4.69) is 10.6 Å². The molecule has 0 saturated carbocycles. The van der Waals surface area contributed by atoms with E-state index in [-0.39, 0.29) is 24.8 Å². The van der Waals surface area contributed by atoms with Crippen LogP contribution in [0.5, 0.6) is 0 Å². The fourth-order valence-corrected chi connectivity index (χ4v) is 3.15. The lowest BCUT2D eigenvalue weighted by Crippen LogP contribution is -2.44. The molecule has 1 atom stereocenters. The first-order valence-corrected chi connectivity index (χ1v) is 10.1. The van der Waals surface area contributed by atoms with E-state index in [1.165, 1.54) is 4.90 Å². The van der Waals surface area contributed by atoms with Crippen LogP contribution in [0, 0.1) is 6.92 Å². The summed E-state index contributed by atoms with van der Waals surface area (Å²) in [5, 5.41) is 5.31. The number of ketones is 1. The van der Waals surface area contributed by atoms with E-state index in [9.17, 15) is 19.2 Å². The first kappa shape index (κ1) is 23.8. The molecule has 2 aromatic rings. The third-order valence-electron chi connectivity index (χ3n) is 4.77. The van der Waals surface area contributed by atoms with Crippen LogP contribution in [0.3, 0.4) is 0 Å². The molecule has 8 nitrogen and oxygen atoms in total. The van der Waals surface area contributed by atoms with Gasteiger partial charge >= 0.3 is 0 Å². The van der Waals surface area contributed by atoms with Gasteiger partial charge in [-0.05, 0) is 30.5 Å². The molecule has 0 fully saturated rings. The SMILES string of the molecule is CCCN(CC(=O)Nc1cc(C(=O)CN)ccc1C)C(=O)[C@H](NC=O)c1ccccc1. The average molecular weight is 425 g/mol. The molecule has 0 bridgehead atoms. The van der Waals surface area contributed by atoms with Gasteiger partial charge in [-0.25, -0.2) is 0 Å². The van der Waals surface area contributed by atoms with Gasteiger partial charge in [0.25, 0.3) is 0 Å². The number of amides is 3. The van der Waals surface area contributed by atoms with E-state index < -0.39 is 11.9 Å². The molecule has 0 aliphatic carbocycles. The van der Waals surface area contributed by atoms with Gasteiger partial charge in [-0.2, -0.15) is 0 Å². The highest BCUT2D eigenvalue weighted by Gasteiger charge is 2.26. The molecule has 4 N–H and O–H groups in total. The number of Topliss-reactive ketones (excluding diaryl/α,β-unsaturated/α-hetero) is 1. The molecule has 8 heteroatoms. The molecule has 0 aliphatic rings. The Morgan fingerprint density at radius 3 is 2.45 bits per heavy atom. The van der Waals surface area contributed by atoms with Crippen molar-refractivity contribution in [2.45, 2.75) is 26.3 Å². The van der Waals surface area contributed by atoms with E-state index in [0.717, 1.165) is 5.56 Å². The van der Waals surface area contributed by atoms with E-state index in [1.54, 1.807) is 49.4 Å². The zero-order chi connectivity index (χ0) is 22.8. The number of carbonyl (C=O) groups is 4. The number of nitrogens with one attached hydrogen (secondary N) is 2. The van der Waals surface area contributed by atoms with Crippen LogP contribution in [0.25, 0.3) is 0 Å². The number of hydrogen-bond acceptors (Lipinski definition) is 5. The van der Waals surface area contributed by atoms with Crippen LogP contribution in [0.2, 0.25) is 0 Å². The minimum Gasteiger partial charge on any atom is -0.343 e. The van der Waals surface area contributed by atoms with Gasteiger partial charge in [-0.15, -0.1) is 0 Å². The maximum Gasteiger partial charge on any atom is 0.250 e. The summed E-state index contributed by atoms with van der Waals surface area (Å²) in [6, 6.07) is 12.9. The van der Waals surface area contributed by atoms with Gasteiger partial charge < -0.3 is 21.3 Å². The van der Waals surface area contributed by atoms with Gasteiger partial charge in [-0.3, -0.25) is 19.2 Å². The fourth-order valence-electron chi connectivity index (χ4n) is 3.15. The number of carbonyl (C=O) groups excluding carboxylic acids is 4. The largest absolute Gasteiger partial charge is 0.343 e. The van der Waals surface area contributed by atoms with Crippen molar-refractivity contribution in [1.82, 2.24) is 10.2 Å². The number of anilines is 1. The molecule has 2 rings (SSSR count). The van der Waals surface area contributed by atoms with Gasteiger partial charge in [0, 0.05) is 17.8 Å². The Balaban J connectivity index is 2.18. The summed E-state index contributed by atoms with van der Waals surface area (Å²) in [5.74, 6) is -1.01. The summed E-state index contributed by atoms with van der Waals surface area (Å²) in [7, 11) is 0.